The number of carboxylic acids is 3. The summed E-state index contributed by atoms with van der Waals surface area (Å²) in [7, 11) is 0. The van der Waals surface area contributed by atoms with Gasteiger partial charge in [0.05, 0.1) is 6.10 Å². The molecule has 184 valence electrons. The van der Waals surface area contributed by atoms with Gasteiger partial charge >= 0.3 is 17.9 Å². The SMILES string of the molecule is CCCCCCC(O)CCCCCCCCCCC(=O)O.O=C(O)CCCCC(=O)O. The van der Waals surface area contributed by atoms with Gasteiger partial charge in [-0.25, -0.2) is 0 Å². The Bertz CT molecular complexity index is 422. The highest BCUT2D eigenvalue weighted by Crippen LogP contribution is 2.14. The average molecular weight is 447 g/mol. The molecular weight excluding hydrogens is 400 g/mol. The molecule has 0 aromatic carbocycles. The third-order valence-corrected chi connectivity index (χ3v) is 5.10. The van der Waals surface area contributed by atoms with Crippen LogP contribution < -0.4 is 0 Å². The Balaban J connectivity index is 0. The van der Waals surface area contributed by atoms with Crippen LogP contribution in [0.1, 0.15) is 129 Å². The minimum Gasteiger partial charge on any atom is -0.481 e. The van der Waals surface area contributed by atoms with Crippen molar-refractivity contribution in [2.45, 2.75) is 135 Å². The van der Waals surface area contributed by atoms with Gasteiger partial charge in [0, 0.05) is 19.3 Å². The van der Waals surface area contributed by atoms with Gasteiger partial charge in [-0.1, -0.05) is 77.6 Å². The number of rotatable bonds is 21. The predicted octanol–water partition coefficient (Wildman–Crippen LogP) is 6.02. The molecule has 0 aromatic heterocycles. The second-order valence-corrected chi connectivity index (χ2v) is 8.26. The van der Waals surface area contributed by atoms with E-state index in [9.17, 15) is 19.5 Å². The highest BCUT2D eigenvalue weighted by atomic mass is 16.4. The molecular formula is C24H46O7. The first-order chi connectivity index (χ1) is 14.8. The molecule has 4 N–H and O–H groups in total. The summed E-state index contributed by atoms with van der Waals surface area (Å²) in [5.74, 6) is -2.42. The van der Waals surface area contributed by atoms with Gasteiger partial charge in [0.2, 0.25) is 0 Å². The topological polar surface area (TPSA) is 132 Å². The molecule has 0 fully saturated rings. The first-order valence-electron chi connectivity index (χ1n) is 12.1. The second-order valence-electron chi connectivity index (χ2n) is 8.26. The number of carbonyl (C=O) groups is 3. The van der Waals surface area contributed by atoms with Crippen LogP contribution in [0.25, 0.3) is 0 Å². The first kappa shape index (κ1) is 31.6. The lowest BCUT2D eigenvalue weighted by molar-refractivity contribution is -0.139. The largest absolute Gasteiger partial charge is 0.481 e. The van der Waals surface area contributed by atoms with Gasteiger partial charge in [-0.15, -0.1) is 0 Å². The van der Waals surface area contributed by atoms with Crippen LogP contribution in [-0.2, 0) is 14.4 Å². The van der Waals surface area contributed by atoms with E-state index in [0.29, 0.717) is 19.3 Å². The van der Waals surface area contributed by atoms with E-state index < -0.39 is 17.9 Å². The normalized spacial score (nSPS) is 11.4. The molecule has 0 aliphatic heterocycles. The van der Waals surface area contributed by atoms with Crippen molar-refractivity contribution in [2.24, 2.45) is 0 Å². The second kappa shape index (κ2) is 24.6. The highest BCUT2D eigenvalue weighted by Gasteiger charge is 2.03. The lowest BCUT2D eigenvalue weighted by atomic mass is 10.0. The summed E-state index contributed by atoms with van der Waals surface area (Å²) in [6.45, 7) is 2.21. The van der Waals surface area contributed by atoms with Crippen LogP contribution in [0.2, 0.25) is 0 Å². The van der Waals surface area contributed by atoms with Gasteiger partial charge in [-0.05, 0) is 32.1 Å². The van der Waals surface area contributed by atoms with E-state index >= 15 is 0 Å². The summed E-state index contributed by atoms with van der Waals surface area (Å²) >= 11 is 0. The zero-order chi connectivity index (χ0) is 23.7. The van der Waals surface area contributed by atoms with E-state index in [1.165, 1.54) is 51.4 Å². The zero-order valence-electron chi connectivity index (χ0n) is 19.5. The van der Waals surface area contributed by atoms with Gasteiger partial charge in [-0.3, -0.25) is 14.4 Å². The van der Waals surface area contributed by atoms with Gasteiger partial charge < -0.3 is 20.4 Å². The van der Waals surface area contributed by atoms with Crippen molar-refractivity contribution >= 4 is 17.9 Å². The third-order valence-electron chi connectivity index (χ3n) is 5.10. The van der Waals surface area contributed by atoms with E-state index in [1.54, 1.807) is 0 Å². The summed E-state index contributed by atoms with van der Waals surface area (Å²) in [6, 6.07) is 0. The molecule has 0 saturated heterocycles. The van der Waals surface area contributed by atoms with Crippen LogP contribution in [0.4, 0.5) is 0 Å². The highest BCUT2D eigenvalue weighted by molar-refractivity contribution is 5.68. The van der Waals surface area contributed by atoms with Crippen LogP contribution in [0, 0.1) is 0 Å². The van der Waals surface area contributed by atoms with Crippen molar-refractivity contribution in [3.05, 3.63) is 0 Å². The number of unbranched alkanes of at least 4 members (excludes halogenated alkanes) is 11. The molecule has 0 saturated carbocycles. The predicted molar refractivity (Wildman–Crippen MR) is 122 cm³/mol. The number of aliphatic hydroxyl groups excluding tert-OH is 1. The monoisotopic (exact) mass is 446 g/mol. The average Bonchev–Trinajstić information content (AvgIpc) is 2.70. The molecule has 0 spiro atoms. The zero-order valence-corrected chi connectivity index (χ0v) is 19.5. The summed E-state index contributed by atoms with van der Waals surface area (Å²) in [6.07, 6.45) is 17.3. The molecule has 7 nitrogen and oxygen atoms in total. The standard InChI is InChI=1S/C18H36O3.C6H10O4/c1-2-3-4-11-14-17(19)15-12-9-7-5-6-8-10-13-16-18(20)21;7-5(8)3-1-2-4-6(9)10/h17,19H,2-16H2,1H3,(H,20,21);1-4H2,(H,7,8)(H,9,10). The molecule has 31 heavy (non-hydrogen) atoms. The Labute approximate surface area is 188 Å². The maximum absolute atomic E-state index is 10.3. The summed E-state index contributed by atoms with van der Waals surface area (Å²) in [4.78, 5) is 30.1. The first-order valence-corrected chi connectivity index (χ1v) is 12.1. The Morgan fingerprint density at radius 2 is 0.806 bits per heavy atom. The maximum Gasteiger partial charge on any atom is 0.303 e. The molecule has 1 atom stereocenters. The summed E-state index contributed by atoms with van der Waals surface area (Å²) in [5, 5.41) is 34.6. The number of carboxylic acid groups (broad SMARTS) is 3. The summed E-state index contributed by atoms with van der Waals surface area (Å²) < 4.78 is 0. The smallest absolute Gasteiger partial charge is 0.303 e. The van der Waals surface area contributed by atoms with Gasteiger partial charge in [-0.2, -0.15) is 0 Å². The Morgan fingerprint density at radius 1 is 0.516 bits per heavy atom. The van der Waals surface area contributed by atoms with Crippen LogP contribution in [0.15, 0.2) is 0 Å². The van der Waals surface area contributed by atoms with Crippen molar-refractivity contribution < 1.29 is 34.8 Å². The quantitative estimate of drug-likeness (QED) is 0.158. The molecule has 0 radical (unpaired) electrons. The maximum atomic E-state index is 10.3. The number of hydrogen-bond acceptors (Lipinski definition) is 4. The van der Waals surface area contributed by atoms with Gasteiger partial charge in [0.15, 0.2) is 0 Å². The fourth-order valence-electron chi connectivity index (χ4n) is 3.22. The molecule has 0 amide bonds. The molecule has 0 aromatic rings. The van der Waals surface area contributed by atoms with Crippen molar-refractivity contribution in [1.82, 2.24) is 0 Å². The molecule has 0 heterocycles. The van der Waals surface area contributed by atoms with Crippen LogP contribution in [0.3, 0.4) is 0 Å². The number of aliphatic carboxylic acids is 3. The van der Waals surface area contributed by atoms with Gasteiger partial charge in [0.1, 0.15) is 0 Å². The van der Waals surface area contributed by atoms with Crippen LogP contribution >= 0.6 is 0 Å². The molecule has 0 aliphatic rings. The molecule has 0 rings (SSSR count). The Hall–Kier alpha value is -1.63. The van der Waals surface area contributed by atoms with Crippen molar-refractivity contribution in [3.63, 3.8) is 0 Å². The number of hydrogen-bond donors (Lipinski definition) is 4. The van der Waals surface area contributed by atoms with E-state index in [4.69, 9.17) is 15.3 Å². The van der Waals surface area contributed by atoms with E-state index in [1.807, 2.05) is 0 Å². The molecule has 7 heteroatoms. The lowest BCUT2D eigenvalue weighted by Crippen LogP contribution is -2.05. The van der Waals surface area contributed by atoms with Gasteiger partial charge in [0.25, 0.3) is 0 Å². The minimum absolute atomic E-state index is 0.0628. The lowest BCUT2D eigenvalue weighted by Gasteiger charge is -2.10. The third kappa shape index (κ3) is 33.2. The Morgan fingerprint density at radius 3 is 1.16 bits per heavy atom. The summed E-state index contributed by atoms with van der Waals surface area (Å²) in [5.41, 5.74) is 0. The van der Waals surface area contributed by atoms with E-state index in [2.05, 4.69) is 6.92 Å². The molecule has 0 bridgehead atoms. The molecule has 1 unspecified atom stereocenters. The van der Waals surface area contributed by atoms with Crippen molar-refractivity contribution in [1.29, 1.82) is 0 Å². The minimum atomic E-state index is -0.870. The molecule has 0 aliphatic carbocycles. The van der Waals surface area contributed by atoms with Crippen molar-refractivity contribution in [3.8, 4) is 0 Å². The van der Waals surface area contributed by atoms with Crippen LogP contribution in [-0.4, -0.2) is 44.4 Å². The van der Waals surface area contributed by atoms with Crippen molar-refractivity contribution in [2.75, 3.05) is 0 Å². The fourth-order valence-corrected chi connectivity index (χ4v) is 3.22. The Kier molecular flexibility index (Phi) is 25.1. The van der Waals surface area contributed by atoms with E-state index in [0.717, 1.165) is 38.5 Å². The van der Waals surface area contributed by atoms with Crippen LogP contribution in [0.5, 0.6) is 0 Å². The number of aliphatic hydroxyl groups is 1. The fraction of sp³-hybridized carbons (Fsp3) is 0.875. The van der Waals surface area contributed by atoms with E-state index in [-0.39, 0.29) is 18.9 Å².